The minimum Gasteiger partial charge on any atom is -0.452 e. The fourth-order valence-corrected chi connectivity index (χ4v) is 3.29. The van der Waals surface area contributed by atoms with Gasteiger partial charge in [-0.1, -0.05) is 26.3 Å². The third kappa shape index (κ3) is 5.64. The van der Waals surface area contributed by atoms with E-state index in [1.54, 1.807) is 0 Å². The molecule has 0 aliphatic heterocycles. The molecule has 12 nitrogen and oxygen atoms in total. The van der Waals surface area contributed by atoms with Crippen molar-refractivity contribution in [2.75, 3.05) is 23.8 Å². The molecule has 2 aromatic rings. The summed E-state index contributed by atoms with van der Waals surface area (Å²) in [7, 11) is 0. The molecule has 1 aromatic heterocycles. The maximum Gasteiger partial charge on any atom is 0.339 e. The van der Waals surface area contributed by atoms with Gasteiger partial charge < -0.3 is 15.4 Å². The first kappa shape index (κ1) is 25.3. The van der Waals surface area contributed by atoms with Crippen molar-refractivity contribution < 1.29 is 19.2 Å². The number of H-pyrrole nitrogens is 1. The third-order valence-corrected chi connectivity index (χ3v) is 5.02. The van der Waals surface area contributed by atoms with E-state index < -0.39 is 34.7 Å². The second-order valence-corrected chi connectivity index (χ2v) is 7.33. The molecule has 3 N–H and O–H groups in total. The molecule has 0 atom stereocenters. The monoisotopic (exact) mass is 461 g/mol. The van der Waals surface area contributed by atoms with Gasteiger partial charge in [0.2, 0.25) is 0 Å². The van der Waals surface area contributed by atoms with Crippen LogP contribution in [0.2, 0.25) is 0 Å². The summed E-state index contributed by atoms with van der Waals surface area (Å²) >= 11 is 0. The van der Waals surface area contributed by atoms with E-state index in [1.807, 2.05) is 13.8 Å². The van der Waals surface area contributed by atoms with E-state index in [0.29, 0.717) is 19.3 Å². The van der Waals surface area contributed by atoms with Crippen molar-refractivity contribution in [1.82, 2.24) is 9.55 Å². The lowest BCUT2D eigenvalue weighted by atomic mass is 10.1. The van der Waals surface area contributed by atoms with Crippen LogP contribution >= 0.6 is 0 Å². The molecule has 12 heteroatoms. The van der Waals surface area contributed by atoms with Gasteiger partial charge in [-0.25, -0.2) is 9.59 Å². The van der Waals surface area contributed by atoms with Crippen LogP contribution in [0.1, 0.15) is 49.0 Å². The molecule has 33 heavy (non-hydrogen) atoms. The lowest BCUT2D eigenvalue weighted by molar-refractivity contribution is -0.385. The number of hydrogen-bond acceptors (Lipinski definition) is 8. The van der Waals surface area contributed by atoms with E-state index in [1.165, 1.54) is 29.7 Å². The predicted octanol–water partition coefficient (Wildman–Crippen LogP) is 1.74. The van der Waals surface area contributed by atoms with Crippen LogP contribution in [0.4, 0.5) is 17.2 Å². The number of nitrogens with two attached hydrogens (primary N) is 1. The Hall–Kier alpha value is -3.96. The highest BCUT2D eigenvalue weighted by molar-refractivity contribution is 5.99. The number of rotatable bonds is 10. The fourth-order valence-electron chi connectivity index (χ4n) is 3.29. The van der Waals surface area contributed by atoms with Crippen molar-refractivity contribution in [3.8, 4) is 0 Å². The second-order valence-electron chi connectivity index (χ2n) is 7.33. The molecule has 0 aliphatic rings. The Balaban J connectivity index is 2.33. The topological polar surface area (TPSA) is 171 Å². The Morgan fingerprint density at radius 1 is 1.24 bits per heavy atom. The number of amides is 1. The first-order chi connectivity index (χ1) is 15.6. The van der Waals surface area contributed by atoms with Crippen molar-refractivity contribution in [2.24, 2.45) is 0 Å². The smallest absolute Gasteiger partial charge is 0.339 e. The van der Waals surface area contributed by atoms with Crippen LogP contribution in [-0.4, -0.2) is 39.5 Å². The average Bonchev–Trinajstić information content (AvgIpc) is 2.76. The third-order valence-electron chi connectivity index (χ3n) is 5.02. The van der Waals surface area contributed by atoms with E-state index in [0.717, 1.165) is 4.90 Å². The number of ether oxygens (including phenoxy) is 1. The Bertz CT molecular complexity index is 1170. The molecule has 0 aliphatic carbocycles. The first-order valence-corrected chi connectivity index (χ1v) is 10.5. The van der Waals surface area contributed by atoms with Crippen LogP contribution in [0.5, 0.6) is 0 Å². The first-order valence-electron chi connectivity index (χ1n) is 10.5. The molecule has 178 valence electrons. The number of aromatic amines is 1. The number of nitrogens with one attached hydrogen (secondary N) is 1. The molecule has 0 bridgehead atoms. The highest BCUT2D eigenvalue weighted by Crippen LogP contribution is 2.22. The molecule has 1 amide bonds. The zero-order chi connectivity index (χ0) is 24.7. The number of nitro groups is 1. The molecule has 0 saturated heterocycles. The minimum absolute atomic E-state index is 0.0500. The van der Waals surface area contributed by atoms with E-state index in [9.17, 15) is 29.3 Å². The van der Waals surface area contributed by atoms with Gasteiger partial charge >= 0.3 is 11.7 Å². The zero-order valence-electron chi connectivity index (χ0n) is 18.8. The van der Waals surface area contributed by atoms with Crippen LogP contribution < -0.4 is 21.9 Å². The summed E-state index contributed by atoms with van der Waals surface area (Å²) in [6, 6.07) is 3.95. The zero-order valence-corrected chi connectivity index (χ0v) is 18.8. The van der Waals surface area contributed by atoms with Gasteiger partial charge in [-0.05, 0) is 25.8 Å². The summed E-state index contributed by atoms with van der Waals surface area (Å²) in [5.41, 5.74) is 4.18. The number of unbranched alkanes of at least 4 members (excludes halogenated alkanes) is 1. The van der Waals surface area contributed by atoms with Gasteiger partial charge in [0.05, 0.1) is 10.5 Å². The largest absolute Gasteiger partial charge is 0.452 e. The highest BCUT2D eigenvalue weighted by atomic mass is 16.6. The summed E-state index contributed by atoms with van der Waals surface area (Å²) in [6.07, 6.45) is 1.79. The molecule has 0 spiro atoms. The van der Waals surface area contributed by atoms with Gasteiger partial charge in [-0.3, -0.25) is 29.3 Å². The van der Waals surface area contributed by atoms with Crippen LogP contribution in [0.25, 0.3) is 0 Å². The van der Waals surface area contributed by atoms with Crippen molar-refractivity contribution in [1.29, 1.82) is 0 Å². The molecule has 0 unspecified atom stereocenters. The van der Waals surface area contributed by atoms with Gasteiger partial charge in [-0.2, -0.15) is 0 Å². The number of carbonyl (C=O) groups is 2. The Labute approximate surface area is 189 Å². The Morgan fingerprint density at radius 3 is 2.55 bits per heavy atom. The van der Waals surface area contributed by atoms with Crippen molar-refractivity contribution in [3.05, 3.63) is 60.3 Å². The van der Waals surface area contributed by atoms with Gasteiger partial charge in [-0.15, -0.1) is 0 Å². The van der Waals surface area contributed by atoms with Gasteiger partial charge in [0.1, 0.15) is 5.82 Å². The second kappa shape index (κ2) is 11.1. The Morgan fingerprint density at radius 2 is 1.94 bits per heavy atom. The summed E-state index contributed by atoms with van der Waals surface area (Å²) in [4.78, 5) is 63.8. The van der Waals surface area contributed by atoms with Crippen molar-refractivity contribution in [3.63, 3.8) is 0 Å². The van der Waals surface area contributed by atoms with Gasteiger partial charge in [0.15, 0.2) is 12.3 Å². The molecule has 1 heterocycles. The Kier molecular flexibility index (Phi) is 8.49. The molecular weight excluding hydrogens is 434 g/mol. The summed E-state index contributed by atoms with van der Waals surface area (Å²) in [6.45, 7) is 4.74. The molecule has 2 rings (SSSR count). The quantitative estimate of drug-likeness (QED) is 0.306. The molecular formula is C21H27N5O7. The summed E-state index contributed by atoms with van der Waals surface area (Å²) in [5, 5.41) is 11.1. The number of esters is 1. The maximum absolute atomic E-state index is 12.9. The lowest BCUT2D eigenvalue weighted by Gasteiger charge is -2.24. The number of aromatic nitrogens is 2. The molecule has 0 radical (unpaired) electrons. The number of nitrogen functional groups attached to an aromatic ring is 1. The minimum atomic E-state index is -0.919. The van der Waals surface area contributed by atoms with Crippen LogP contribution in [-0.2, 0) is 16.1 Å². The molecule has 0 fully saturated rings. The molecule has 1 aromatic carbocycles. The van der Waals surface area contributed by atoms with Gasteiger partial charge in [0.25, 0.3) is 17.2 Å². The summed E-state index contributed by atoms with van der Waals surface area (Å²) in [5.74, 6) is -1.80. The van der Waals surface area contributed by atoms with E-state index in [2.05, 4.69) is 4.98 Å². The lowest BCUT2D eigenvalue weighted by Crippen LogP contribution is -2.43. The fraction of sp³-hybridized carbons (Fsp3) is 0.429. The van der Waals surface area contributed by atoms with Gasteiger partial charge in [0, 0.05) is 24.7 Å². The van der Waals surface area contributed by atoms with Crippen LogP contribution in [0.15, 0.2) is 27.8 Å². The normalized spacial score (nSPS) is 10.6. The number of anilines is 2. The number of nitrogens with zero attached hydrogens (tertiary/aromatic N) is 3. The van der Waals surface area contributed by atoms with Crippen molar-refractivity contribution >= 4 is 29.1 Å². The van der Waals surface area contributed by atoms with E-state index in [-0.39, 0.29) is 41.4 Å². The van der Waals surface area contributed by atoms with E-state index in [4.69, 9.17) is 10.5 Å². The standard InChI is InChI=1S/C21H27N5O7/c1-4-6-11-24(17-18(22)25(10-5-2)21(30)23-19(17)28)16(27)12-33-20(29)14-8-7-9-15(13(14)3)26(31)32/h7-9H,4-6,10-12,22H2,1-3H3,(H,23,28,30). The average molecular weight is 461 g/mol. The SMILES string of the molecule is CCCCN(C(=O)COC(=O)c1cccc([N+](=O)[O-])c1C)c1c(N)n(CCC)c(=O)[nH]c1=O. The van der Waals surface area contributed by atoms with Crippen LogP contribution in [0, 0.1) is 17.0 Å². The number of benzene rings is 1. The van der Waals surface area contributed by atoms with E-state index >= 15 is 0 Å². The number of carbonyl (C=O) groups excluding carboxylic acids is 2. The number of hydrogen-bond donors (Lipinski definition) is 2. The highest BCUT2D eigenvalue weighted by Gasteiger charge is 2.26. The summed E-state index contributed by atoms with van der Waals surface area (Å²) < 4.78 is 6.26. The predicted molar refractivity (Wildman–Crippen MR) is 121 cm³/mol. The maximum atomic E-state index is 12.9. The van der Waals surface area contributed by atoms with Crippen molar-refractivity contribution in [2.45, 2.75) is 46.6 Å². The molecule has 0 saturated carbocycles. The number of nitro benzene ring substituents is 1. The van der Waals surface area contributed by atoms with Crippen LogP contribution in [0.3, 0.4) is 0 Å².